The molecule has 0 atom stereocenters. The maximum atomic E-state index is 13.4. The third-order valence-corrected chi connectivity index (χ3v) is 7.36. The number of rotatable bonds is 7. The second kappa shape index (κ2) is 12.6. The maximum Gasteiger partial charge on any atom is 1.00 e. The van der Waals surface area contributed by atoms with Gasteiger partial charge < -0.3 is 15.2 Å². The van der Waals surface area contributed by atoms with Crippen LogP contribution < -0.4 is 44.7 Å². The first-order chi connectivity index (χ1) is 18.0. The van der Waals surface area contributed by atoms with Crippen LogP contribution in [-0.4, -0.2) is 25.5 Å². The van der Waals surface area contributed by atoms with E-state index >= 15 is 0 Å². The fourth-order valence-corrected chi connectivity index (χ4v) is 5.27. The van der Waals surface area contributed by atoms with E-state index in [0.29, 0.717) is 23.1 Å². The summed E-state index contributed by atoms with van der Waals surface area (Å²) in [4.78, 5) is 12.7. The standard InChI is InChI=1S/C26H21Cl2N3O6S.Na/c1-3-37-16-8-9-19(27)22(13-16)29-26(33)18-12-15-6-4-5-7-17(15)23(24(18)32)31-30-21-11-10-20(28)25(14(21)2)38(34,35)36;/h4-13,32H,3H2,1-2H3,(H,29,33)(H,34,35,36);/q;+1/p-1. The van der Waals surface area contributed by atoms with Crippen LogP contribution in [0.15, 0.2) is 75.8 Å². The van der Waals surface area contributed by atoms with Crippen LogP contribution in [0, 0.1) is 6.92 Å². The monoisotopic (exact) mass is 595 g/mol. The van der Waals surface area contributed by atoms with E-state index in [4.69, 9.17) is 27.9 Å². The second-order valence-corrected chi connectivity index (χ2v) is 10.2. The Morgan fingerprint density at radius 2 is 1.74 bits per heavy atom. The van der Waals surface area contributed by atoms with E-state index in [-0.39, 0.29) is 67.8 Å². The van der Waals surface area contributed by atoms with Gasteiger partial charge >= 0.3 is 29.6 Å². The van der Waals surface area contributed by atoms with Crippen molar-refractivity contribution in [1.82, 2.24) is 0 Å². The molecule has 39 heavy (non-hydrogen) atoms. The molecule has 9 nitrogen and oxygen atoms in total. The molecule has 1 amide bonds. The van der Waals surface area contributed by atoms with Crippen molar-refractivity contribution in [3.63, 3.8) is 0 Å². The van der Waals surface area contributed by atoms with E-state index < -0.39 is 26.7 Å². The van der Waals surface area contributed by atoms with Gasteiger partial charge in [0, 0.05) is 17.0 Å². The quantitative estimate of drug-likeness (QED) is 0.189. The first kappa shape index (κ1) is 30.8. The summed E-state index contributed by atoms with van der Waals surface area (Å²) in [6, 6.07) is 15.6. The van der Waals surface area contributed by atoms with E-state index in [1.807, 2.05) is 6.92 Å². The average molecular weight is 596 g/mol. The Hall–Kier alpha value is -2.70. The fraction of sp³-hybridized carbons (Fsp3) is 0.115. The van der Waals surface area contributed by atoms with Gasteiger partial charge in [-0.15, -0.1) is 0 Å². The minimum absolute atomic E-state index is 0. The number of anilines is 1. The molecule has 4 aromatic rings. The van der Waals surface area contributed by atoms with Crippen LogP contribution in [0.25, 0.3) is 10.8 Å². The van der Waals surface area contributed by atoms with Crippen molar-refractivity contribution < 1.29 is 57.2 Å². The van der Waals surface area contributed by atoms with E-state index in [9.17, 15) is 22.9 Å². The molecule has 4 rings (SSSR count). The van der Waals surface area contributed by atoms with Crippen molar-refractivity contribution in [2.45, 2.75) is 18.7 Å². The summed E-state index contributed by atoms with van der Waals surface area (Å²) in [6.45, 7) is 3.62. The second-order valence-electron chi connectivity index (χ2n) is 8.05. The van der Waals surface area contributed by atoms with Gasteiger partial charge in [-0.1, -0.05) is 53.2 Å². The number of fused-ring (bicyclic) bond motifs is 1. The van der Waals surface area contributed by atoms with Crippen LogP contribution in [0.5, 0.6) is 11.5 Å². The topological polar surface area (TPSA) is 140 Å². The van der Waals surface area contributed by atoms with Gasteiger partial charge in [0.1, 0.15) is 10.6 Å². The Bertz CT molecular complexity index is 1710. The number of hydrogen-bond acceptors (Lipinski definition) is 7. The Morgan fingerprint density at radius 1 is 1.05 bits per heavy atom. The largest absolute Gasteiger partial charge is 1.00 e. The molecule has 0 aliphatic heterocycles. The number of nitrogens with zero attached hydrogens (tertiary/aromatic N) is 2. The fourth-order valence-electron chi connectivity index (χ4n) is 3.80. The van der Waals surface area contributed by atoms with Gasteiger partial charge in [0.05, 0.1) is 33.7 Å². The predicted octanol–water partition coefficient (Wildman–Crippen LogP) is 3.85. The van der Waals surface area contributed by atoms with Gasteiger partial charge in [0.25, 0.3) is 16.0 Å². The van der Waals surface area contributed by atoms with Crippen molar-refractivity contribution in [1.29, 1.82) is 0 Å². The molecule has 4 aromatic carbocycles. The number of nitrogens with one attached hydrogen (secondary N) is 1. The van der Waals surface area contributed by atoms with Crippen LogP contribution in [0.3, 0.4) is 0 Å². The molecular weight excluding hydrogens is 576 g/mol. The van der Waals surface area contributed by atoms with E-state index in [1.165, 1.54) is 25.1 Å². The van der Waals surface area contributed by atoms with Crippen LogP contribution >= 0.6 is 23.2 Å². The molecule has 0 aromatic heterocycles. The number of carbonyl (C=O) groups is 1. The third-order valence-electron chi connectivity index (χ3n) is 5.56. The van der Waals surface area contributed by atoms with Gasteiger partial charge in [-0.3, -0.25) is 9.35 Å². The maximum absolute atomic E-state index is 13.4. The molecule has 0 unspecified atom stereocenters. The molecule has 13 heteroatoms. The molecule has 0 saturated heterocycles. The zero-order chi connectivity index (χ0) is 27.6. The number of ether oxygens (including phenoxy) is 1. The first-order valence-electron chi connectivity index (χ1n) is 11.2. The summed E-state index contributed by atoms with van der Waals surface area (Å²) < 4.78 is 38.5. The molecule has 0 spiro atoms. The van der Waals surface area contributed by atoms with E-state index in [2.05, 4.69) is 15.5 Å². The molecule has 0 heterocycles. The van der Waals surface area contributed by atoms with E-state index in [1.54, 1.807) is 42.5 Å². The summed E-state index contributed by atoms with van der Waals surface area (Å²) in [5, 5.41) is 25.2. The number of hydrogen-bond donors (Lipinski definition) is 2. The van der Waals surface area contributed by atoms with Crippen molar-refractivity contribution in [2.75, 3.05) is 11.9 Å². The minimum Gasteiger partial charge on any atom is -0.870 e. The van der Waals surface area contributed by atoms with Gasteiger partial charge in [-0.2, -0.15) is 18.6 Å². The Labute approximate surface area is 256 Å². The summed E-state index contributed by atoms with van der Waals surface area (Å²) in [6.07, 6.45) is 0. The normalized spacial score (nSPS) is 11.4. The third kappa shape index (κ3) is 6.72. The zero-order valence-corrected chi connectivity index (χ0v) is 25.4. The van der Waals surface area contributed by atoms with Crippen molar-refractivity contribution in [2.24, 2.45) is 10.2 Å². The number of amides is 1. The number of halogens is 2. The number of carbonyl (C=O) groups excluding carboxylic acids is 1. The van der Waals surface area contributed by atoms with Gasteiger partial charge in [-0.05, 0) is 55.1 Å². The smallest absolute Gasteiger partial charge is 0.870 e. The molecule has 0 radical (unpaired) electrons. The summed E-state index contributed by atoms with van der Waals surface area (Å²) in [7, 11) is -4.64. The Morgan fingerprint density at radius 3 is 2.44 bits per heavy atom. The molecule has 2 N–H and O–H groups in total. The minimum atomic E-state index is -4.64. The Balaban J connectivity index is 0.00000420. The molecule has 0 bridgehead atoms. The van der Waals surface area contributed by atoms with Crippen LogP contribution in [0.2, 0.25) is 10.0 Å². The summed E-state index contributed by atoms with van der Waals surface area (Å²) >= 11 is 12.2. The van der Waals surface area contributed by atoms with Gasteiger partial charge in [0.15, 0.2) is 0 Å². The van der Waals surface area contributed by atoms with Gasteiger partial charge in [-0.25, -0.2) is 0 Å². The molecule has 0 aliphatic carbocycles. The number of benzene rings is 4. The van der Waals surface area contributed by atoms with Crippen LogP contribution in [0.4, 0.5) is 17.1 Å². The first-order valence-corrected chi connectivity index (χ1v) is 13.4. The Kier molecular flexibility index (Phi) is 10.0. The molecular formula is C26H20Cl2N3NaO6S. The zero-order valence-electron chi connectivity index (χ0n) is 21.0. The molecule has 0 aliphatic rings. The predicted molar refractivity (Wildman–Crippen MR) is 144 cm³/mol. The average Bonchev–Trinajstić information content (AvgIpc) is 2.85. The molecule has 196 valence electrons. The molecule has 0 saturated carbocycles. The van der Waals surface area contributed by atoms with Crippen LogP contribution in [0.1, 0.15) is 22.8 Å². The van der Waals surface area contributed by atoms with Gasteiger partial charge in [0.2, 0.25) is 0 Å². The summed E-state index contributed by atoms with van der Waals surface area (Å²) in [5.41, 5.74) is 0.0122. The van der Waals surface area contributed by atoms with Crippen molar-refractivity contribution in [3.8, 4) is 11.5 Å². The van der Waals surface area contributed by atoms with Crippen LogP contribution in [-0.2, 0) is 10.1 Å². The summed E-state index contributed by atoms with van der Waals surface area (Å²) in [5.74, 6) is -0.933. The number of azo groups is 1. The molecule has 0 fully saturated rings. The SMILES string of the molecule is CCOc1ccc(Cl)c(NC(=O)c2cc3ccccc3c(N=Nc3ccc(Cl)c(S(=O)(=O)O)c3C)c2[O-])c1.[Na+]. The van der Waals surface area contributed by atoms with E-state index in [0.717, 1.165) is 0 Å². The van der Waals surface area contributed by atoms with Crippen molar-refractivity contribution in [3.05, 3.63) is 81.8 Å². The van der Waals surface area contributed by atoms with Crippen molar-refractivity contribution >= 4 is 67.1 Å².